The van der Waals surface area contributed by atoms with Crippen molar-refractivity contribution in [1.29, 1.82) is 0 Å². The fraction of sp³-hybridized carbons (Fsp3) is 0.500. The van der Waals surface area contributed by atoms with E-state index in [-0.39, 0.29) is 17.7 Å². The van der Waals surface area contributed by atoms with E-state index in [1.54, 1.807) is 0 Å². The lowest BCUT2D eigenvalue weighted by molar-refractivity contribution is -0.122. The number of benzene rings is 1. The Bertz CT molecular complexity index is 491. The van der Waals surface area contributed by atoms with Gasteiger partial charge < -0.3 is 16.4 Å². The van der Waals surface area contributed by atoms with Gasteiger partial charge in [0.25, 0.3) is 0 Å². The summed E-state index contributed by atoms with van der Waals surface area (Å²) in [5, 5.41) is 6.27. The van der Waals surface area contributed by atoms with E-state index in [9.17, 15) is 9.59 Å². The average molecular weight is 289 g/mol. The van der Waals surface area contributed by atoms with E-state index in [1.807, 2.05) is 24.3 Å². The molecule has 1 aromatic rings. The molecule has 4 N–H and O–H groups in total. The van der Waals surface area contributed by atoms with E-state index in [4.69, 9.17) is 5.73 Å². The summed E-state index contributed by atoms with van der Waals surface area (Å²) in [6.07, 6.45) is 3.76. The topological polar surface area (TPSA) is 84.2 Å². The summed E-state index contributed by atoms with van der Waals surface area (Å²) in [5.41, 5.74) is 7.33. The summed E-state index contributed by atoms with van der Waals surface area (Å²) in [6.45, 7) is 2.30. The maximum absolute atomic E-state index is 11.1. The van der Waals surface area contributed by atoms with Crippen molar-refractivity contribution >= 4 is 17.5 Å². The lowest BCUT2D eigenvalue weighted by Gasteiger charge is -2.27. The van der Waals surface area contributed by atoms with Crippen LogP contribution in [0.3, 0.4) is 0 Å². The highest BCUT2D eigenvalue weighted by molar-refractivity contribution is 5.88. The van der Waals surface area contributed by atoms with E-state index < -0.39 is 0 Å². The molecule has 1 saturated carbocycles. The highest BCUT2D eigenvalue weighted by atomic mass is 16.1. The monoisotopic (exact) mass is 289 g/mol. The zero-order valence-corrected chi connectivity index (χ0v) is 12.4. The van der Waals surface area contributed by atoms with Crippen molar-refractivity contribution in [2.45, 2.75) is 45.2 Å². The summed E-state index contributed by atoms with van der Waals surface area (Å²) < 4.78 is 0. The Morgan fingerprint density at radius 3 is 2.29 bits per heavy atom. The zero-order valence-electron chi connectivity index (χ0n) is 12.4. The van der Waals surface area contributed by atoms with Crippen molar-refractivity contribution in [3.8, 4) is 0 Å². The molecule has 21 heavy (non-hydrogen) atoms. The largest absolute Gasteiger partial charge is 0.369 e. The van der Waals surface area contributed by atoms with E-state index in [0.717, 1.165) is 37.9 Å². The maximum atomic E-state index is 11.1. The average Bonchev–Trinajstić information content (AvgIpc) is 2.46. The Morgan fingerprint density at radius 1 is 1.14 bits per heavy atom. The van der Waals surface area contributed by atoms with Gasteiger partial charge in [-0.3, -0.25) is 9.59 Å². The Balaban J connectivity index is 1.76. The van der Waals surface area contributed by atoms with Crippen LogP contribution >= 0.6 is 0 Å². The molecule has 0 radical (unpaired) electrons. The lowest BCUT2D eigenvalue weighted by Crippen LogP contribution is -2.36. The third kappa shape index (κ3) is 4.86. The molecule has 114 valence electrons. The van der Waals surface area contributed by atoms with Gasteiger partial charge in [-0.05, 0) is 43.4 Å². The Labute approximate surface area is 125 Å². The SMILES string of the molecule is CC(=O)Nc1ccc(CNC2CCC(C(N)=O)CC2)cc1. The van der Waals surface area contributed by atoms with Crippen molar-refractivity contribution in [3.63, 3.8) is 0 Å². The molecule has 0 heterocycles. The van der Waals surface area contributed by atoms with Crippen LogP contribution in [0.1, 0.15) is 38.2 Å². The third-order valence-corrected chi connectivity index (χ3v) is 4.00. The second kappa shape index (κ2) is 7.22. The Hall–Kier alpha value is -1.88. The zero-order chi connectivity index (χ0) is 15.2. The van der Waals surface area contributed by atoms with Crippen LogP contribution in [0.2, 0.25) is 0 Å². The molecule has 5 heteroatoms. The number of nitrogens with one attached hydrogen (secondary N) is 2. The quantitative estimate of drug-likeness (QED) is 0.772. The third-order valence-electron chi connectivity index (χ3n) is 4.00. The molecule has 2 rings (SSSR count). The van der Waals surface area contributed by atoms with Gasteiger partial charge in [-0.2, -0.15) is 0 Å². The first-order chi connectivity index (χ1) is 10.0. The molecule has 0 unspecified atom stereocenters. The van der Waals surface area contributed by atoms with Crippen molar-refractivity contribution in [1.82, 2.24) is 5.32 Å². The van der Waals surface area contributed by atoms with Crippen LogP contribution in [-0.2, 0) is 16.1 Å². The summed E-state index contributed by atoms with van der Waals surface area (Å²) in [7, 11) is 0. The van der Waals surface area contributed by atoms with Gasteiger partial charge in [-0.15, -0.1) is 0 Å². The molecule has 0 saturated heterocycles. The van der Waals surface area contributed by atoms with Crippen molar-refractivity contribution in [3.05, 3.63) is 29.8 Å². The molecule has 1 fully saturated rings. The highest BCUT2D eigenvalue weighted by Crippen LogP contribution is 2.24. The molecular weight excluding hydrogens is 266 g/mol. The van der Waals surface area contributed by atoms with E-state index >= 15 is 0 Å². The minimum Gasteiger partial charge on any atom is -0.369 e. The van der Waals surface area contributed by atoms with Crippen LogP contribution in [0.5, 0.6) is 0 Å². The van der Waals surface area contributed by atoms with Crippen molar-refractivity contribution in [2.24, 2.45) is 11.7 Å². The lowest BCUT2D eigenvalue weighted by atomic mass is 9.85. The van der Waals surface area contributed by atoms with Gasteiger partial charge in [0.05, 0.1) is 0 Å². The van der Waals surface area contributed by atoms with Gasteiger partial charge in [-0.25, -0.2) is 0 Å². The normalized spacial score (nSPS) is 21.8. The molecule has 5 nitrogen and oxygen atoms in total. The van der Waals surface area contributed by atoms with Crippen LogP contribution in [0.15, 0.2) is 24.3 Å². The van der Waals surface area contributed by atoms with Crippen LogP contribution in [-0.4, -0.2) is 17.9 Å². The molecule has 0 aromatic heterocycles. The number of amides is 2. The molecule has 1 aromatic carbocycles. The summed E-state index contributed by atoms with van der Waals surface area (Å²) >= 11 is 0. The number of hydrogen-bond acceptors (Lipinski definition) is 3. The van der Waals surface area contributed by atoms with Crippen LogP contribution in [0.25, 0.3) is 0 Å². The fourth-order valence-corrected chi connectivity index (χ4v) is 2.75. The van der Waals surface area contributed by atoms with Gasteiger partial charge in [-0.1, -0.05) is 12.1 Å². The molecule has 1 aliphatic carbocycles. The number of nitrogens with two attached hydrogens (primary N) is 1. The summed E-state index contributed by atoms with van der Waals surface area (Å²) in [6, 6.07) is 8.28. The first kappa shape index (κ1) is 15.5. The van der Waals surface area contributed by atoms with Gasteiger partial charge in [0, 0.05) is 31.1 Å². The molecule has 1 aliphatic rings. The molecule has 0 atom stereocenters. The number of anilines is 1. The number of rotatable bonds is 5. The highest BCUT2D eigenvalue weighted by Gasteiger charge is 2.24. The van der Waals surface area contributed by atoms with Gasteiger partial charge >= 0.3 is 0 Å². The van der Waals surface area contributed by atoms with Gasteiger partial charge in [0.1, 0.15) is 0 Å². The number of hydrogen-bond donors (Lipinski definition) is 3. The molecule has 2 amide bonds. The summed E-state index contributed by atoms with van der Waals surface area (Å²) in [4.78, 5) is 22.1. The predicted octanol–water partition coefficient (Wildman–Crippen LogP) is 1.78. The smallest absolute Gasteiger partial charge is 0.221 e. The summed E-state index contributed by atoms with van der Waals surface area (Å²) in [5.74, 6) is -0.172. The minimum atomic E-state index is -0.165. The molecule has 0 aliphatic heterocycles. The number of carbonyl (C=O) groups excluding carboxylic acids is 2. The fourth-order valence-electron chi connectivity index (χ4n) is 2.75. The Morgan fingerprint density at radius 2 is 1.76 bits per heavy atom. The van der Waals surface area contributed by atoms with Crippen molar-refractivity contribution < 1.29 is 9.59 Å². The molecule has 0 spiro atoms. The second-order valence-electron chi connectivity index (χ2n) is 5.71. The minimum absolute atomic E-state index is 0.0555. The van der Waals surface area contributed by atoms with Crippen molar-refractivity contribution in [2.75, 3.05) is 5.32 Å². The van der Waals surface area contributed by atoms with Gasteiger partial charge in [0.15, 0.2) is 0 Å². The molecule has 0 bridgehead atoms. The van der Waals surface area contributed by atoms with E-state index in [1.165, 1.54) is 12.5 Å². The van der Waals surface area contributed by atoms with Gasteiger partial charge in [0.2, 0.25) is 11.8 Å². The van der Waals surface area contributed by atoms with E-state index in [0.29, 0.717) is 6.04 Å². The van der Waals surface area contributed by atoms with E-state index in [2.05, 4.69) is 10.6 Å². The Kier molecular flexibility index (Phi) is 5.33. The number of carbonyl (C=O) groups is 2. The molecular formula is C16H23N3O2. The predicted molar refractivity (Wildman–Crippen MR) is 82.5 cm³/mol. The second-order valence-corrected chi connectivity index (χ2v) is 5.71. The number of primary amides is 1. The van der Waals surface area contributed by atoms with Crippen LogP contribution < -0.4 is 16.4 Å². The first-order valence-electron chi connectivity index (χ1n) is 7.44. The van der Waals surface area contributed by atoms with Crippen LogP contribution in [0, 0.1) is 5.92 Å². The maximum Gasteiger partial charge on any atom is 0.221 e. The van der Waals surface area contributed by atoms with Crippen LogP contribution in [0.4, 0.5) is 5.69 Å². The first-order valence-corrected chi connectivity index (χ1v) is 7.44. The standard InChI is InChI=1S/C16H23N3O2/c1-11(20)19-15-6-2-12(3-7-15)10-18-14-8-4-13(5-9-14)16(17)21/h2-3,6-7,13-14,18H,4-5,8-10H2,1H3,(H2,17,21)(H,19,20).